The molecule has 0 bridgehead atoms. The molecule has 8 nitrogen and oxygen atoms in total. The Labute approximate surface area is 192 Å². The molecule has 3 heterocycles. The van der Waals surface area contributed by atoms with Gasteiger partial charge in [0.2, 0.25) is 5.95 Å². The molecule has 5 rings (SSSR count). The Kier molecular flexibility index (Phi) is 5.10. The van der Waals surface area contributed by atoms with E-state index >= 15 is 0 Å². The van der Waals surface area contributed by atoms with E-state index in [0.717, 1.165) is 5.52 Å². The zero-order valence-corrected chi connectivity index (χ0v) is 18.6. The third kappa shape index (κ3) is 3.25. The van der Waals surface area contributed by atoms with Gasteiger partial charge in [0.25, 0.3) is 5.78 Å². The number of para-hydroxylation sites is 2. The zero-order chi connectivity index (χ0) is 23.1. The predicted molar refractivity (Wildman–Crippen MR) is 125 cm³/mol. The summed E-state index contributed by atoms with van der Waals surface area (Å²) in [7, 11) is 2.91. The van der Waals surface area contributed by atoms with Crippen molar-refractivity contribution in [3.05, 3.63) is 76.0 Å². The van der Waals surface area contributed by atoms with Gasteiger partial charge in [-0.2, -0.15) is 0 Å². The van der Waals surface area contributed by atoms with Gasteiger partial charge in [-0.3, -0.25) is 14.5 Å². The van der Waals surface area contributed by atoms with E-state index in [1.807, 2.05) is 41.8 Å². The average Bonchev–Trinajstić information content (AvgIpc) is 3.56. The number of aromatic nitrogens is 2. The summed E-state index contributed by atoms with van der Waals surface area (Å²) in [5.41, 5.74) is 1.52. The number of aliphatic hydroxyl groups is 1. The first-order valence-corrected chi connectivity index (χ1v) is 10.9. The Morgan fingerprint density at radius 1 is 1.03 bits per heavy atom. The van der Waals surface area contributed by atoms with Gasteiger partial charge in [0, 0.05) is 4.88 Å². The molecule has 1 aliphatic heterocycles. The molecule has 33 heavy (non-hydrogen) atoms. The maximum absolute atomic E-state index is 13.3. The van der Waals surface area contributed by atoms with E-state index in [0.29, 0.717) is 21.9 Å². The quantitative estimate of drug-likeness (QED) is 0.261. The fourth-order valence-corrected chi connectivity index (χ4v) is 4.86. The lowest BCUT2D eigenvalue weighted by Crippen LogP contribution is -2.30. The van der Waals surface area contributed by atoms with Crippen LogP contribution in [0.5, 0.6) is 11.5 Å². The van der Waals surface area contributed by atoms with Crippen LogP contribution >= 0.6 is 11.3 Å². The molecular formula is C24H19N3O5S. The molecule has 9 heteroatoms. The molecule has 1 aliphatic rings. The Morgan fingerprint density at radius 2 is 1.76 bits per heavy atom. The van der Waals surface area contributed by atoms with Gasteiger partial charge in [0.1, 0.15) is 28.9 Å². The monoisotopic (exact) mass is 461 g/mol. The number of nitrogens with one attached hydrogen (secondary N) is 1. The first kappa shape index (κ1) is 20.8. The number of aromatic amines is 1. The van der Waals surface area contributed by atoms with Crippen LogP contribution in [0, 0.1) is 0 Å². The predicted octanol–water partition coefficient (Wildman–Crippen LogP) is 4.27. The molecule has 1 atom stereocenters. The molecule has 166 valence electrons. The van der Waals surface area contributed by atoms with E-state index in [2.05, 4.69) is 9.97 Å². The highest BCUT2D eigenvalue weighted by Gasteiger charge is 2.49. The Bertz CT molecular complexity index is 1350. The van der Waals surface area contributed by atoms with Crippen LogP contribution in [0.15, 0.2) is 65.6 Å². The molecule has 1 unspecified atom stereocenters. The maximum Gasteiger partial charge on any atom is 0.302 e. The zero-order valence-electron chi connectivity index (χ0n) is 17.7. The molecule has 1 amide bonds. The second-order valence-electron chi connectivity index (χ2n) is 7.30. The van der Waals surface area contributed by atoms with Crippen molar-refractivity contribution in [2.75, 3.05) is 19.1 Å². The number of Topliss-reactive ketones (excluding diaryl/α,β-unsaturated/α-hetero) is 1. The van der Waals surface area contributed by atoms with Crippen molar-refractivity contribution in [1.29, 1.82) is 0 Å². The van der Waals surface area contributed by atoms with E-state index < -0.39 is 17.7 Å². The van der Waals surface area contributed by atoms with Crippen molar-refractivity contribution in [1.82, 2.24) is 9.97 Å². The standard InChI is InChI=1S/C24H19N3O5S/c1-31-15-9-5-10-16(32-2)18(15)21(28)19-20(17-11-6-12-33-17)27(23(30)22(19)29)24-25-13-7-3-4-8-14(13)26-24/h3-12,20,28H,1-2H3,(H,25,26)/b21-19+. The molecule has 2 N–H and O–H groups in total. The highest BCUT2D eigenvalue weighted by Crippen LogP contribution is 2.45. The number of thiophene rings is 1. The van der Waals surface area contributed by atoms with Crippen molar-refractivity contribution < 1.29 is 24.2 Å². The van der Waals surface area contributed by atoms with Gasteiger partial charge in [0.15, 0.2) is 0 Å². The van der Waals surface area contributed by atoms with Crippen molar-refractivity contribution >= 4 is 45.8 Å². The second-order valence-corrected chi connectivity index (χ2v) is 8.28. The molecule has 4 aromatic rings. The van der Waals surface area contributed by atoms with Crippen LogP contribution in [0.25, 0.3) is 16.8 Å². The van der Waals surface area contributed by atoms with Crippen molar-refractivity contribution in [3.63, 3.8) is 0 Å². The maximum atomic E-state index is 13.3. The van der Waals surface area contributed by atoms with Gasteiger partial charge in [-0.15, -0.1) is 11.3 Å². The summed E-state index contributed by atoms with van der Waals surface area (Å²) in [6, 6.07) is 15.1. The van der Waals surface area contributed by atoms with Crippen molar-refractivity contribution in [2.45, 2.75) is 6.04 Å². The second kappa shape index (κ2) is 8.10. The number of carbonyl (C=O) groups is 2. The number of imidazole rings is 1. The van der Waals surface area contributed by atoms with Crippen molar-refractivity contribution in [3.8, 4) is 11.5 Å². The van der Waals surface area contributed by atoms with Gasteiger partial charge in [-0.05, 0) is 35.7 Å². The summed E-state index contributed by atoms with van der Waals surface area (Å²) in [5, 5.41) is 13.2. The Morgan fingerprint density at radius 3 is 2.39 bits per heavy atom. The van der Waals surface area contributed by atoms with Crippen LogP contribution in [0.1, 0.15) is 16.5 Å². The van der Waals surface area contributed by atoms with Crippen LogP contribution in [-0.2, 0) is 9.59 Å². The van der Waals surface area contributed by atoms with Crippen LogP contribution in [0.3, 0.4) is 0 Å². The molecule has 2 aromatic heterocycles. The molecule has 1 saturated heterocycles. The molecule has 0 spiro atoms. The van der Waals surface area contributed by atoms with Gasteiger partial charge >= 0.3 is 5.91 Å². The highest BCUT2D eigenvalue weighted by atomic mass is 32.1. The molecule has 2 aromatic carbocycles. The number of methoxy groups -OCH3 is 2. The molecular weight excluding hydrogens is 442 g/mol. The summed E-state index contributed by atoms with van der Waals surface area (Å²) in [4.78, 5) is 36.2. The average molecular weight is 461 g/mol. The number of aliphatic hydroxyl groups excluding tert-OH is 1. The number of benzene rings is 2. The normalized spacial score (nSPS) is 17.6. The Balaban J connectivity index is 1.76. The van der Waals surface area contributed by atoms with Crippen LogP contribution < -0.4 is 14.4 Å². The van der Waals surface area contributed by atoms with Crippen LogP contribution in [0.4, 0.5) is 5.95 Å². The first-order chi connectivity index (χ1) is 16.0. The van der Waals surface area contributed by atoms with Crippen LogP contribution in [0.2, 0.25) is 0 Å². The minimum Gasteiger partial charge on any atom is -0.506 e. The van der Waals surface area contributed by atoms with E-state index in [4.69, 9.17) is 9.47 Å². The number of amides is 1. The minimum absolute atomic E-state index is 0.0642. The fourth-order valence-electron chi connectivity index (χ4n) is 4.04. The lowest BCUT2D eigenvalue weighted by molar-refractivity contribution is -0.132. The summed E-state index contributed by atoms with van der Waals surface area (Å²) in [6.45, 7) is 0. The lowest BCUT2D eigenvalue weighted by atomic mass is 9.98. The number of H-pyrrole nitrogens is 1. The van der Waals surface area contributed by atoms with Crippen LogP contribution in [-0.4, -0.2) is 41.0 Å². The number of rotatable bonds is 5. The summed E-state index contributed by atoms with van der Waals surface area (Å²) >= 11 is 1.37. The van der Waals surface area contributed by atoms with Gasteiger partial charge < -0.3 is 19.6 Å². The van der Waals surface area contributed by atoms with E-state index in [-0.39, 0.29) is 22.8 Å². The summed E-state index contributed by atoms with van der Waals surface area (Å²) in [5.74, 6) is -1.14. The number of anilines is 1. The number of hydrogen-bond donors (Lipinski definition) is 2. The third-order valence-corrected chi connectivity index (χ3v) is 6.45. The molecule has 0 aliphatic carbocycles. The first-order valence-electron chi connectivity index (χ1n) is 10.1. The molecule has 0 saturated carbocycles. The van der Waals surface area contributed by atoms with Gasteiger partial charge in [-0.1, -0.05) is 24.3 Å². The van der Waals surface area contributed by atoms with E-state index in [1.165, 1.54) is 30.5 Å². The molecule has 0 radical (unpaired) electrons. The third-order valence-electron chi connectivity index (χ3n) is 5.53. The smallest absolute Gasteiger partial charge is 0.302 e. The number of hydrogen-bond acceptors (Lipinski definition) is 7. The number of carbonyl (C=O) groups excluding carboxylic acids is 2. The lowest BCUT2D eigenvalue weighted by Gasteiger charge is -2.22. The fraction of sp³-hybridized carbons (Fsp3) is 0.125. The van der Waals surface area contributed by atoms with Gasteiger partial charge in [0.05, 0.1) is 30.8 Å². The van der Waals surface area contributed by atoms with Gasteiger partial charge in [-0.25, -0.2) is 4.98 Å². The number of ketones is 1. The number of fused-ring (bicyclic) bond motifs is 1. The molecule has 1 fully saturated rings. The number of ether oxygens (including phenoxy) is 2. The highest BCUT2D eigenvalue weighted by molar-refractivity contribution is 7.10. The van der Waals surface area contributed by atoms with Crippen molar-refractivity contribution in [2.24, 2.45) is 0 Å². The topological polar surface area (TPSA) is 105 Å². The summed E-state index contributed by atoms with van der Waals surface area (Å²) < 4.78 is 10.8. The minimum atomic E-state index is -0.875. The van der Waals surface area contributed by atoms with E-state index in [1.54, 1.807) is 18.2 Å². The largest absolute Gasteiger partial charge is 0.506 e. The Hall–Kier alpha value is -4.11. The summed E-state index contributed by atoms with van der Waals surface area (Å²) in [6.07, 6.45) is 0. The number of nitrogens with zero attached hydrogens (tertiary/aromatic N) is 2. The van der Waals surface area contributed by atoms with E-state index in [9.17, 15) is 14.7 Å². The SMILES string of the molecule is COc1cccc(OC)c1/C(O)=C1\C(=O)C(=O)N(c2nc3ccccc3[nH]2)C1c1cccs1.